The normalized spacial score (nSPS) is 33.0. The molecular formula is C27H38N4O5S. The van der Waals surface area contributed by atoms with Crippen LogP contribution in [0.25, 0.3) is 0 Å². The quantitative estimate of drug-likeness (QED) is 0.403. The van der Waals surface area contributed by atoms with E-state index < -0.39 is 22.6 Å². The number of likely N-dealkylation sites (tertiary alicyclic amines) is 1. The molecule has 37 heavy (non-hydrogen) atoms. The molecule has 3 N–H and O–H groups in total. The van der Waals surface area contributed by atoms with Crippen molar-refractivity contribution in [3.05, 3.63) is 35.9 Å². The van der Waals surface area contributed by atoms with Crippen molar-refractivity contribution in [1.29, 1.82) is 0 Å². The molecule has 4 saturated heterocycles. The minimum absolute atomic E-state index is 0.0170. The van der Waals surface area contributed by atoms with E-state index in [2.05, 4.69) is 22.5 Å². The van der Waals surface area contributed by atoms with Crippen molar-refractivity contribution in [2.45, 2.75) is 42.3 Å². The van der Waals surface area contributed by atoms with Gasteiger partial charge in [0.05, 0.1) is 29.8 Å². The molecule has 5 rings (SSSR count). The topological polar surface area (TPSA) is 111 Å². The molecule has 0 saturated carbocycles. The van der Waals surface area contributed by atoms with Crippen LogP contribution in [0.1, 0.15) is 25.3 Å². The number of ether oxygens (including phenoxy) is 1. The average molecular weight is 531 g/mol. The number of carbonyl (C=O) groups excluding carboxylic acids is 3. The highest BCUT2D eigenvalue weighted by atomic mass is 32.2. The summed E-state index contributed by atoms with van der Waals surface area (Å²) < 4.78 is 4.78. The maximum absolute atomic E-state index is 13.9. The molecule has 0 radical (unpaired) electrons. The zero-order chi connectivity index (χ0) is 26.0. The second kappa shape index (κ2) is 11.3. The third kappa shape index (κ3) is 4.89. The van der Waals surface area contributed by atoms with Crippen molar-refractivity contribution in [3.8, 4) is 0 Å². The third-order valence-corrected chi connectivity index (χ3v) is 10.6. The second-order valence-electron chi connectivity index (χ2n) is 10.6. The Bertz CT molecular complexity index is 990. The zero-order valence-corrected chi connectivity index (χ0v) is 22.3. The molecular weight excluding hydrogens is 492 g/mol. The number of nitrogens with zero attached hydrogens (tertiary/aromatic N) is 2. The van der Waals surface area contributed by atoms with Gasteiger partial charge in [0.25, 0.3) is 0 Å². The van der Waals surface area contributed by atoms with Crippen LogP contribution in [-0.2, 0) is 25.7 Å². The van der Waals surface area contributed by atoms with Crippen LogP contribution >= 0.6 is 11.8 Å². The number of hydrogen-bond donors (Lipinski definition) is 3. The van der Waals surface area contributed by atoms with Crippen LogP contribution in [0.2, 0.25) is 0 Å². The first-order chi connectivity index (χ1) is 18.0. The highest BCUT2D eigenvalue weighted by Crippen LogP contribution is 2.68. The Morgan fingerprint density at radius 1 is 1.14 bits per heavy atom. The lowest BCUT2D eigenvalue weighted by atomic mass is 9.66. The fourth-order valence-corrected chi connectivity index (χ4v) is 9.19. The number of benzene rings is 1. The molecule has 4 fully saturated rings. The number of aliphatic hydroxyl groups excluding tert-OH is 1. The van der Waals surface area contributed by atoms with E-state index in [1.54, 1.807) is 16.7 Å². The summed E-state index contributed by atoms with van der Waals surface area (Å²) in [5, 5.41) is 15.7. The number of nitrogens with one attached hydrogen (secondary N) is 2. The van der Waals surface area contributed by atoms with Gasteiger partial charge in [0.1, 0.15) is 6.04 Å². The summed E-state index contributed by atoms with van der Waals surface area (Å²) >= 11 is 1.68. The van der Waals surface area contributed by atoms with Crippen LogP contribution in [0.3, 0.4) is 0 Å². The summed E-state index contributed by atoms with van der Waals surface area (Å²) in [6.45, 7) is 7.13. The molecule has 1 aromatic carbocycles. The van der Waals surface area contributed by atoms with Gasteiger partial charge in [-0.1, -0.05) is 37.3 Å². The van der Waals surface area contributed by atoms with Crippen molar-refractivity contribution in [2.24, 2.45) is 17.8 Å². The third-order valence-electron chi connectivity index (χ3n) is 8.49. The first-order valence-corrected chi connectivity index (χ1v) is 14.3. The van der Waals surface area contributed by atoms with Crippen LogP contribution in [-0.4, -0.2) is 101 Å². The Morgan fingerprint density at radius 2 is 1.89 bits per heavy atom. The standard InChI is InChI=1S/C27H38N4O5S/c1-18-16-20-21(24(33)29-17-19-6-3-2-4-7-19)22-26(35)31(9-5-13-32)23(27(18,22)37-20)25(34)28-8-10-30-11-14-36-15-12-30/h2-4,6-7,18,20-23,32H,5,8-17H2,1H3,(H,28,34)(H,29,33)/t18?,20-,21+,22-,23?,27?/m0/s1. The number of hydrogen-bond acceptors (Lipinski definition) is 7. The molecule has 202 valence electrons. The highest BCUT2D eigenvalue weighted by molar-refractivity contribution is 8.02. The predicted octanol–water partition coefficient (Wildman–Crippen LogP) is 0.471. The smallest absolute Gasteiger partial charge is 0.244 e. The summed E-state index contributed by atoms with van der Waals surface area (Å²) in [5.41, 5.74) is 1.01. The highest BCUT2D eigenvalue weighted by Gasteiger charge is 2.75. The van der Waals surface area contributed by atoms with E-state index in [-0.39, 0.29) is 35.5 Å². The van der Waals surface area contributed by atoms with Crippen LogP contribution in [0.15, 0.2) is 30.3 Å². The van der Waals surface area contributed by atoms with E-state index in [9.17, 15) is 19.5 Å². The van der Waals surface area contributed by atoms with Gasteiger partial charge in [-0.3, -0.25) is 19.3 Å². The number of morpholine rings is 1. The summed E-state index contributed by atoms with van der Waals surface area (Å²) in [6, 6.07) is 9.11. The van der Waals surface area contributed by atoms with Crippen LogP contribution in [0.5, 0.6) is 0 Å². The van der Waals surface area contributed by atoms with E-state index >= 15 is 0 Å². The maximum Gasteiger partial charge on any atom is 0.244 e. The van der Waals surface area contributed by atoms with Gasteiger partial charge in [-0.25, -0.2) is 0 Å². The molecule has 0 aliphatic carbocycles. The van der Waals surface area contributed by atoms with Crippen molar-refractivity contribution in [3.63, 3.8) is 0 Å². The second-order valence-corrected chi connectivity index (χ2v) is 12.2. The van der Waals surface area contributed by atoms with Gasteiger partial charge in [0, 0.05) is 51.1 Å². The van der Waals surface area contributed by atoms with Crippen molar-refractivity contribution in [1.82, 2.24) is 20.4 Å². The van der Waals surface area contributed by atoms with E-state index in [0.717, 1.165) is 31.6 Å². The Labute approximate surface area is 222 Å². The average Bonchev–Trinajstić information content (AvgIpc) is 3.50. The maximum atomic E-state index is 13.9. The molecule has 3 unspecified atom stereocenters. The minimum Gasteiger partial charge on any atom is -0.396 e. The van der Waals surface area contributed by atoms with Crippen molar-refractivity contribution in [2.75, 3.05) is 52.5 Å². The minimum atomic E-state index is -0.641. The fraction of sp³-hybridized carbons (Fsp3) is 0.667. The molecule has 0 aromatic heterocycles. The van der Waals surface area contributed by atoms with E-state index in [4.69, 9.17) is 4.74 Å². The van der Waals surface area contributed by atoms with Crippen molar-refractivity contribution >= 4 is 29.5 Å². The number of carbonyl (C=O) groups is 3. The predicted molar refractivity (Wildman–Crippen MR) is 141 cm³/mol. The molecule has 4 aliphatic heterocycles. The Hall–Kier alpha value is -2.14. The lowest BCUT2D eigenvalue weighted by Gasteiger charge is -2.38. The number of thioether (sulfide) groups is 1. The van der Waals surface area contributed by atoms with Gasteiger partial charge in [-0.05, 0) is 24.3 Å². The summed E-state index contributed by atoms with van der Waals surface area (Å²) in [7, 11) is 0. The molecule has 4 aliphatic rings. The summed E-state index contributed by atoms with van der Waals surface area (Å²) in [5.74, 6) is -1.24. The van der Waals surface area contributed by atoms with Crippen LogP contribution in [0.4, 0.5) is 0 Å². The van der Waals surface area contributed by atoms with Crippen LogP contribution in [0, 0.1) is 17.8 Å². The van der Waals surface area contributed by atoms with Gasteiger partial charge in [-0.2, -0.15) is 0 Å². The number of fused-ring (bicyclic) bond motifs is 1. The van der Waals surface area contributed by atoms with Crippen molar-refractivity contribution < 1.29 is 24.2 Å². The molecule has 9 nitrogen and oxygen atoms in total. The fourth-order valence-electron chi connectivity index (χ4n) is 6.76. The Balaban J connectivity index is 1.34. The lowest BCUT2D eigenvalue weighted by molar-refractivity contribution is -0.140. The number of rotatable bonds is 10. The summed E-state index contributed by atoms with van der Waals surface area (Å²) in [4.78, 5) is 45.1. The first kappa shape index (κ1) is 26.5. The lowest BCUT2D eigenvalue weighted by Crippen LogP contribution is -2.57. The largest absolute Gasteiger partial charge is 0.396 e. The molecule has 10 heteroatoms. The summed E-state index contributed by atoms with van der Waals surface area (Å²) in [6.07, 6.45) is 1.21. The molecule has 6 atom stereocenters. The van der Waals surface area contributed by atoms with Gasteiger partial charge in [0.2, 0.25) is 17.7 Å². The van der Waals surface area contributed by atoms with E-state index in [1.165, 1.54) is 0 Å². The van der Waals surface area contributed by atoms with Gasteiger partial charge in [0.15, 0.2) is 0 Å². The Morgan fingerprint density at radius 3 is 2.62 bits per heavy atom. The number of aliphatic hydroxyl groups is 1. The van der Waals surface area contributed by atoms with Gasteiger partial charge < -0.3 is 25.4 Å². The van der Waals surface area contributed by atoms with Gasteiger partial charge in [-0.15, -0.1) is 11.8 Å². The SMILES string of the molecule is CC1C[C@@H]2SC13C(C(=O)NCCN1CCOCC1)N(CCCO)C(=O)[C@@H]3[C@@H]2C(=O)NCc1ccccc1. The van der Waals surface area contributed by atoms with Crippen LogP contribution < -0.4 is 10.6 Å². The zero-order valence-electron chi connectivity index (χ0n) is 21.4. The van der Waals surface area contributed by atoms with E-state index in [1.807, 2.05) is 30.3 Å². The van der Waals surface area contributed by atoms with Gasteiger partial charge >= 0.3 is 0 Å². The molecule has 1 aromatic rings. The Kier molecular flexibility index (Phi) is 8.09. The molecule has 1 spiro atoms. The van der Waals surface area contributed by atoms with E-state index in [0.29, 0.717) is 39.3 Å². The molecule has 3 amide bonds. The molecule has 4 heterocycles. The number of amides is 3. The first-order valence-electron chi connectivity index (χ1n) is 13.5. The monoisotopic (exact) mass is 530 g/mol. The molecule has 2 bridgehead atoms.